The molecule has 0 fully saturated rings. The molecule has 0 spiro atoms. The van der Waals surface area contributed by atoms with Crippen LogP contribution in [0.3, 0.4) is 0 Å². The Morgan fingerprint density at radius 1 is 0.410 bits per heavy atom. The first-order valence-corrected chi connectivity index (χ1v) is 13.3. The molecule has 2 aromatic heterocycles. The SMILES string of the molecule is c1ccc(-c2cn(-c3ccc(-c4ccc5c6ccccc6c6ccccc6c5c4)cc3)c3ncccc23)cc1. The summed E-state index contributed by atoms with van der Waals surface area (Å²) in [6.07, 6.45) is 4.07. The molecule has 8 rings (SSSR count). The first-order valence-electron chi connectivity index (χ1n) is 13.3. The molecule has 0 saturated heterocycles. The van der Waals surface area contributed by atoms with Gasteiger partial charge in [0.1, 0.15) is 5.65 Å². The maximum Gasteiger partial charge on any atom is 0.145 e. The molecule has 6 aromatic carbocycles. The summed E-state index contributed by atoms with van der Waals surface area (Å²) in [7, 11) is 0. The Balaban J connectivity index is 1.26. The summed E-state index contributed by atoms with van der Waals surface area (Å²) in [4.78, 5) is 4.74. The van der Waals surface area contributed by atoms with Gasteiger partial charge in [-0.3, -0.25) is 0 Å². The van der Waals surface area contributed by atoms with Crippen molar-refractivity contribution in [3.8, 4) is 27.9 Å². The number of fused-ring (bicyclic) bond motifs is 7. The summed E-state index contributed by atoms with van der Waals surface area (Å²) in [5.41, 5.74) is 6.87. The van der Waals surface area contributed by atoms with Crippen molar-refractivity contribution in [1.82, 2.24) is 9.55 Å². The highest BCUT2D eigenvalue weighted by atomic mass is 15.0. The lowest BCUT2D eigenvalue weighted by Crippen LogP contribution is -1.93. The van der Waals surface area contributed by atoms with Crippen LogP contribution in [0.15, 0.2) is 146 Å². The second-order valence-corrected chi connectivity index (χ2v) is 10.1. The Bertz CT molecular complexity index is 2120. The lowest BCUT2D eigenvalue weighted by molar-refractivity contribution is 1.09. The Hall–Kier alpha value is -5.21. The minimum absolute atomic E-state index is 0.966. The molecule has 0 bridgehead atoms. The number of hydrogen-bond acceptors (Lipinski definition) is 1. The summed E-state index contributed by atoms with van der Waals surface area (Å²) in [5, 5.41) is 8.94. The van der Waals surface area contributed by atoms with Gasteiger partial charge >= 0.3 is 0 Å². The van der Waals surface area contributed by atoms with Gasteiger partial charge in [0.25, 0.3) is 0 Å². The van der Waals surface area contributed by atoms with Crippen molar-refractivity contribution in [2.24, 2.45) is 0 Å². The molecule has 0 saturated carbocycles. The van der Waals surface area contributed by atoms with E-state index in [1.807, 2.05) is 12.3 Å². The number of hydrogen-bond donors (Lipinski definition) is 0. The van der Waals surface area contributed by atoms with E-state index in [2.05, 4.69) is 138 Å². The van der Waals surface area contributed by atoms with Crippen molar-refractivity contribution in [3.05, 3.63) is 146 Å². The van der Waals surface area contributed by atoms with Crippen molar-refractivity contribution >= 4 is 43.4 Å². The van der Waals surface area contributed by atoms with E-state index in [0.717, 1.165) is 16.7 Å². The Morgan fingerprint density at radius 3 is 1.67 bits per heavy atom. The van der Waals surface area contributed by atoms with Gasteiger partial charge in [0.15, 0.2) is 0 Å². The van der Waals surface area contributed by atoms with E-state index >= 15 is 0 Å². The number of aromatic nitrogens is 2. The van der Waals surface area contributed by atoms with Crippen LogP contribution in [0.5, 0.6) is 0 Å². The minimum atomic E-state index is 0.966. The molecule has 0 radical (unpaired) electrons. The van der Waals surface area contributed by atoms with E-state index in [1.165, 1.54) is 54.6 Å². The Morgan fingerprint density at radius 2 is 0.974 bits per heavy atom. The molecule has 0 atom stereocenters. The normalized spacial score (nSPS) is 11.6. The van der Waals surface area contributed by atoms with Crippen LogP contribution in [-0.4, -0.2) is 9.55 Å². The van der Waals surface area contributed by atoms with E-state index in [1.54, 1.807) is 0 Å². The Labute approximate surface area is 226 Å². The standard InChI is InChI=1S/C37H24N2/c1-2-9-26(10-3-1)36-24-39(37-34(36)15-8-22-38-37)28-19-16-25(17-20-28)27-18-21-33-31-13-5-4-11-29(31)30-12-6-7-14-32(30)35(33)23-27/h1-24H. The Kier molecular flexibility index (Phi) is 4.86. The van der Waals surface area contributed by atoms with Gasteiger partial charge in [-0.15, -0.1) is 0 Å². The molecule has 0 aliphatic rings. The summed E-state index contributed by atoms with van der Waals surface area (Å²) in [6, 6.07) is 47.9. The smallest absolute Gasteiger partial charge is 0.145 e. The van der Waals surface area contributed by atoms with Gasteiger partial charge in [-0.25, -0.2) is 4.98 Å². The number of nitrogens with zero attached hydrogens (tertiary/aromatic N) is 2. The first kappa shape index (κ1) is 21.8. The maximum atomic E-state index is 4.74. The topological polar surface area (TPSA) is 17.8 Å². The van der Waals surface area contributed by atoms with Crippen LogP contribution in [0.4, 0.5) is 0 Å². The van der Waals surface area contributed by atoms with E-state index in [4.69, 9.17) is 4.98 Å². The second kappa shape index (κ2) is 8.68. The molecule has 0 aliphatic heterocycles. The van der Waals surface area contributed by atoms with Gasteiger partial charge in [0.2, 0.25) is 0 Å². The van der Waals surface area contributed by atoms with Crippen molar-refractivity contribution in [2.45, 2.75) is 0 Å². The second-order valence-electron chi connectivity index (χ2n) is 10.1. The van der Waals surface area contributed by atoms with Crippen molar-refractivity contribution in [2.75, 3.05) is 0 Å². The van der Waals surface area contributed by atoms with E-state index in [9.17, 15) is 0 Å². The lowest BCUT2D eigenvalue weighted by Gasteiger charge is -2.12. The fourth-order valence-electron chi connectivity index (χ4n) is 6.01. The van der Waals surface area contributed by atoms with E-state index in [-0.39, 0.29) is 0 Å². The van der Waals surface area contributed by atoms with Gasteiger partial charge < -0.3 is 4.57 Å². The van der Waals surface area contributed by atoms with Gasteiger partial charge in [-0.05, 0) is 79.3 Å². The molecule has 39 heavy (non-hydrogen) atoms. The van der Waals surface area contributed by atoms with Crippen molar-refractivity contribution in [1.29, 1.82) is 0 Å². The predicted octanol–water partition coefficient (Wildman–Crippen LogP) is 9.82. The molecular weight excluding hydrogens is 472 g/mol. The summed E-state index contributed by atoms with van der Waals surface area (Å²) in [6.45, 7) is 0. The van der Waals surface area contributed by atoms with Crippen LogP contribution in [0, 0.1) is 0 Å². The first-order chi connectivity index (χ1) is 19.3. The quantitative estimate of drug-likeness (QED) is 0.223. The third-order valence-electron chi connectivity index (χ3n) is 7.87. The molecule has 182 valence electrons. The zero-order chi connectivity index (χ0) is 25.8. The van der Waals surface area contributed by atoms with Gasteiger partial charge in [-0.1, -0.05) is 103 Å². The number of benzene rings is 6. The maximum absolute atomic E-state index is 4.74. The zero-order valence-corrected chi connectivity index (χ0v) is 21.3. The van der Waals surface area contributed by atoms with Crippen LogP contribution in [0.1, 0.15) is 0 Å². The fraction of sp³-hybridized carbons (Fsp3) is 0. The fourth-order valence-corrected chi connectivity index (χ4v) is 6.01. The molecule has 2 nitrogen and oxygen atoms in total. The van der Waals surface area contributed by atoms with Crippen molar-refractivity contribution < 1.29 is 0 Å². The molecule has 2 heterocycles. The van der Waals surface area contributed by atoms with Crippen LogP contribution < -0.4 is 0 Å². The molecule has 0 amide bonds. The number of pyridine rings is 1. The zero-order valence-electron chi connectivity index (χ0n) is 21.3. The summed E-state index contributed by atoms with van der Waals surface area (Å²) in [5.74, 6) is 0. The van der Waals surface area contributed by atoms with E-state index < -0.39 is 0 Å². The van der Waals surface area contributed by atoms with Crippen molar-refractivity contribution in [3.63, 3.8) is 0 Å². The monoisotopic (exact) mass is 496 g/mol. The summed E-state index contributed by atoms with van der Waals surface area (Å²) < 4.78 is 2.20. The highest BCUT2D eigenvalue weighted by molar-refractivity contribution is 6.25. The molecule has 0 unspecified atom stereocenters. The average Bonchev–Trinajstić information content (AvgIpc) is 3.41. The average molecular weight is 497 g/mol. The third-order valence-corrected chi connectivity index (χ3v) is 7.87. The third kappa shape index (κ3) is 3.46. The van der Waals surface area contributed by atoms with Gasteiger partial charge in [-0.2, -0.15) is 0 Å². The minimum Gasteiger partial charge on any atom is -0.301 e. The van der Waals surface area contributed by atoms with E-state index in [0.29, 0.717) is 0 Å². The van der Waals surface area contributed by atoms with Crippen LogP contribution >= 0.6 is 0 Å². The molecular formula is C37H24N2. The van der Waals surface area contributed by atoms with Crippen LogP contribution in [-0.2, 0) is 0 Å². The summed E-state index contributed by atoms with van der Waals surface area (Å²) >= 11 is 0. The largest absolute Gasteiger partial charge is 0.301 e. The molecule has 8 aromatic rings. The van der Waals surface area contributed by atoms with Gasteiger partial charge in [0, 0.05) is 29.0 Å². The predicted molar refractivity (Wildman–Crippen MR) is 164 cm³/mol. The van der Waals surface area contributed by atoms with Crippen LogP contribution in [0.2, 0.25) is 0 Å². The molecule has 2 heteroatoms. The lowest BCUT2D eigenvalue weighted by atomic mass is 9.92. The van der Waals surface area contributed by atoms with Crippen LogP contribution in [0.25, 0.3) is 71.3 Å². The number of rotatable bonds is 3. The molecule has 0 aliphatic carbocycles. The molecule has 0 N–H and O–H groups in total. The highest BCUT2D eigenvalue weighted by Gasteiger charge is 2.13. The van der Waals surface area contributed by atoms with Gasteiger partial charge in [0.05, 0.1) is 0 Å². The highest BCUT2D eigenvalue weighted by Crippen LogP contribution is 2.37.